The van der Waals surface area contributed by atoms with Crippen molar-refractivity contribution in [3.05, 3.63) is 0 Å². The molecule has 1 fully saturated rings. The van der Waals surface area contributed by atoms with E-state index in [1.807, 2.05) is 0 Å². The molecule has 1 saturated heterocycles. The predicted molar refractivity (Wildman–Crippen MR) is 50.4 cm³/mol. The van der Waals surface area contributed by atoms with Crippen LogP contribution in [0.15, 0.2) is 0 Å². The molecule has 0 radical (unpaired) electrons. The molecule has 0 aromatic carbocycles. The number of hydrogen-bond acceptors (Lipinski definition) is 4. The van der Waals surface area contributed by atoms with Gasteiger partial charge in [-0.05, 0) is 25.2 Å². The molecule has 78 valence electrons. The molecule has 0 atom stereocenters. The van der Waals surface area contributed by atoms with Crippen LogP contribution in [0.2, 0.25) is 0 Å². The summed E-state index contributed by atoms with van der Waals surface area (Å²) in [5.74, 6) is 1.12. The lowest BCUT2D eigenvalue weighted by molar-refractivity contribution is -0.0682. The van der Waals surface area contributed by atoms with Crippen LogP contribution in [0.25, 0.3) is 0 Å². The van der Waals surface area contributed by atoms with Crippen LogP contribution in [0.4, 0.5) is 0 Å². The number of hydroxylamine groups is 2. The van der Waals surface area contributed by atoms with Gasteiger partial charge in [-0.15, -0.1) is 0 Å². The van der Waals surface area contributed by atoms with Crippen LogP contribution in [-0.4, -0.2) is 43.8 Å². The Morgan fingerprint density at radius 2 is 1.92 bits per heavy atom. The smallest absolute Gasteiger partial charge is 0.150 e. The van der Waals surface area contributed by atoms with E-state index in [0.29, 0.717) is 24.0 Å². The average molecular weight is 207 g/mol. The zero-order chi connectivity index (χ0) is 9.90. The van der Waals surface area contributed by atoms with E-state index in [2.05, 4.69) is 0 Å². The lowest BCUT2D eigenvalue weighted by Gasteiger charge is -2.22. The van der Waals surface area contributed by atoms with Crippen molar-refractivity contribution < 1.29 is 13.6 Å². The Balaban J connectivity index is 2.26. The second-order valence-electron chi connectivity index (χ2n) is 3.77. The second-order valence-corrected chi connectivity index (χ2v) is 6.07. The third-order valence-electron chi connectivity index (χ3n) is 2.54. The predicted octanol–water partition coefficient (Wildman–Crippen LogP) is 0.522. The summed E-state index contributed by atoms with van der Waals surface area (Å²) in [7, 11) is -1.12. The normalized spacial score (nSPS) is 23.6. The molecule has 13 heavy (non-hydrogen) atoms. The summed E-state index contributed by atoms with van der Waals surface area (Å²) < 4.78 is 22.1. The van der Waals surface area contributed by atoms with Crippen LogP contribution in [0.1, 0.15) is 19.3 Å². The first-order chi connectivity index (χ1) is 5.99. The minimum absolute atomic E-state index is 0.326. The molecular formula is C8H17NO3S. The highest BCUT2D eigenvalue weighted by atomic mass is 32.2. The first-order valence-corrected chi connectivity index (χ1v) is 6.42. The third-order valence-corrected chi connectivity index (χ3v) is 4.25. The largest absolute Gasteiger partial charge is 0.314 e. The Labute approximate surface area is 79.4 Å². The standard InChI is InChI=1S/C8H17NO3S/c1-9(10)5-2-8-3-6-13(11,12)7-4-8/h8,10H,2-7H2,1H3. The van der Waals surface area contributed by atoms with Gasteiger partial charge in [-0.1, -0.05) is 0 Å². The van der Waals surface area contributed by atoms with Gasteiger partial charge in [0.1, 0.15) is 9.84 Å². The van der Waals surface area contributed by atoms with E-state index in [1.54, 1.807) is 7.05 Å². The molecule has 0 aromatic heterocycles. The number of nitrogens with zero attached hydrogens (tertiary/aromatic N) is 1. The Hall–Kier alpha value is -0.130. The molecule has 0 spiro atoms. The average Bonchev–Trinajstić information content (AvgIpc) is 2.02. The third kappa shape index (κ3) is 4.06. The van der Waals surface area contributed by atoms with Gasteiger partial charge in [0, 0.05) is 13.6 Å². The van der Waals surface area contributed by atoms with Gasteiger partial charge in [0.25, 0.3) is 0 Å². The minimum atomic E-state index is -2.73. The molecule has 5 heteroatoms. The van der Waals surface area contributed by atoms with Crippen LogP contribution >= 0.6 is 0 Å². The van der Waals surface area contributed by atoms with Crippen LogP contribution in [-0.2, 0) is 9.84 Å². The molecule has 1 rings (SSSR count). The molecule has 1 heterocycles. The van der Waals surface area contributed by atoms with Crippen LogP contribution < -0.4 is 0 Å². The topological polar surface area (TPSA) is 57.6 Å². The first kappa shape index (κ1) is 10.9. The molecule has 0 bridgehead atoms. The second kappa shape index (κ2) is 4.39. The molecule has 4 nitrogen and oxygen atoms in total. The maximum atomic E-state index is 11.1. The van der Waals surface area contributed by atoms with E-state index >= 15 is 0 Å². The Morgan fingerprint density at radius 3 is 2.38 bits per heavy atom. The number of sulfone groups is 1. The highest BCUT2D eigenvalue weighted by molar-refractivity contribution is 7.91. The van der Waals surface area contributed by atoms with Crippen molar-refractivity contribution in [1.82, 2.24) is 5.06 Å². The molecule has 1 N–H and O–H groups in total. The van der Waals surface area contributed by atoms with Gasteiger partial charge in [0.15, 0.2) is 0 Å². The van der Waals surface area contributed by atoms with E-state index in [-0.39, 0.29) is 0 Å². The van der Waals surface area contributed by atoms with Gasteiger partial charge in [0.2, 0.25) is 0 Å². The summed E-state index contributed by atoms with van der Waals surface area (Å²) in [6.45, 7) is 0.630. The summed E-state index contributed by atoms with van der Waals surface area (Å²) in [4.78, 5) is 0. The van der Waals surface area contributed by atoms with Crippen molar-refractivity contribution in [2.75, 3.05) is 25.1 Å². The minimum Gasteiger partial charge on any atom is -0.314 e. The molecular weight excluding hydrogens is 190 g/mol. The lowest BCUT2D eigenvalue weighted by Crippen LogP contribution is -2.26. The highest BCUT2D eigenvalue weighted by Gasteiger charge is 2.23. The quantitative estimate of drug-likeness (QED) is 0.686. The molecule has 1 aliphatic heterocycles. The van der Waals surface area contributed by atoms with Crippen molar-refractivity contribution in [3.8, 4) is 0 Å². The van der Waals surface area contributed by atoms with Gasteiger partial charge in [-0.25, -0.2) is 8.42 Å². The Kier molecular flexibility index (Phi) is 3.70. The van der Waals surface area contributed by atoms with Gasteiger partial charge in [-0.3, -0.25) is 0 Å². The van der Waals surface area contributed by atoms with Crippen molar-refractivity contribution in [2.45, 2.75) is 19.3 Å². The number of rotatable bonds is 3. The molecule has 1 aliphatic rings. The summed E-state index contributed by atoms with van der Waals surface area (Å²) >= 11 is 0. The lowest BCUT2D eigenvalue weighted by atomic mass is 9.99. The molecule has 0 aromatic rings. The zero-order valence-electron chi connectivity index (χ0n) is 7.94. The summed E-state index contributed by atoms with van der Waals surface area (Å²) in [5.41, 5.74) is 0. The van der Waals surface area contributed by atoms with Crippen LogP contribution in [0, 0.1) is 5.92 Å². The van der Waals surface area contributed by atoms with Crippen molar-refractivity contribution in [3.63, 3.8) is 0 Å². The fraction of sp³-hybridized carbons (Fsp3) is 1.00. The van der Waals surface area contributed by atoms with Gasteiger partial charge in [0.05, 0.1) is 11.5 Å². The van der Waals surface area contributed by atoms with E-state index in [4.69, 9.17) is 5.21 Å². The Bertz CT molecular complexity index is 234. The molecule has 0 unspecified atom stereocenters. The van der Waals surface area contributed by atoms with Crippen molar-refractivity contribution in [1.29, 1.82) is 0 Å². The molecule has 0 aliphatic carbocycles. The van der Waals surface area contributed by atoms with Crippen LogP contribution in [0.3, 0.4) is 0 Å². The van der Waals surface area contributed by atoms with E-state index in [9.17, 15) is 8.42 Å². The van der Waals surface area contributed by atoms with E-state index < -0.39 is 9.84 Å². The van der Waals surface area contributed by atoms with Gasteiger partial charge in [-0.2, -0.15) is 5.06 Å². The SMILES string of the molecule is CN(O)CCC1CCS(=O)(=O)CC1. The van der Waals surface area contributed by atoms with E-state index in [1.165, 1.54) is 0 Å². The van der Waals surface area contributed by atoms with Crippen molar-refractivity contribution in [2.24, 2.45) is 5.92 Å². The van der Waals surface area contributed by atoms with Gasteiger partial charge < -0.3 is 5.21 Å². The summed E-state index contributed by atoms with van der Waals surface area (Å²) in [6.07, 6.45) is 2.41. The van der Waals surface area contributed by atoms with E-state index in [0.717, 1.165) is 24.3 Å². The number of hydrogen-bond donors (Lipinski definition) is 1. The zero-order valence-corrected chi connectivity index (χ0v) is 8.76. The maximum absolute atomic E-state index is 11.1. The van der Waals surface area contributed by atoms with Crippen LogP contribution in [0.5, 0.6) is 0 Å². The molecule has 0 amide bonds. The Morgan fingerprint density at radius 1 is 1.38 bits per heavy atom. The van der Waals surface area contributed by atoms with Gasteiger partial charge >= 0.3 is 0 Å². The summed E-state index contributed by atoms with van der Waals surface area (Å²) in [5, 5.41) is 10.1. The van der Waals surface area contributed by atoms with Crippen molar-refractivity contribution >= 4 is 9.84 Å². The molecule has 0 saturated carbocycles. The maximum Gasteiger partial charge on any atom is 0.150 e. The highest BCUT2D eigenvalue weighted by Crippen LogP contribution is 2.21. The summed E-state index contributed by atoms with van der Waals surface area (Å²) in [6, 6.07) is 0. The first-order valence-electron chi connectivity index (χ1n) is 4.60. The monoisotopic (exact) mass is 207 g/mol. The fourth-order valence-corrected chi connectivity index (χ4v) is 3.19. The fourth-order valence-electron chi connectivity index (χ4n) is 1.60.